The van der Waals surface area contributed by atoms with Gasteiger partial charge in [0.2, 0.25) is 0 Å². The zero-order valence-corrected chi connectivity index (χ0v) is 18.1. The molecule has 0 saturated heterocycles. The Morgan fingerprint density at radius 1 is 0.793 bits per heavy atom. The fourth-order valence-corrected chi connectivity index (χ4v) is 3.69. The van der Waals surface area contributed by atoms with Gasteiger partial charge in [0.15, 0.2) is 0 Å². The highest BCUT2D eigenvalue weighted by Gasteiger charge is 2.09. The Labute approximate surface area is 180 Å². The van der Waals surface area contributed by atoms with Crippen molar-refractivity contribution >= 4 is 32.4 Å². The second-order valence-corrected chi connectivity index (χ2v) is 8.00. The van der Waals surface area contributed by atoms with Gasteiger partial charge in [0, 0.05) is 22.3 Å². The van der Waals surface area contributed by atoms with Crippen LogP contribution in [-0.4, -0.2) is 0 Å². The average Bonchev–Trinajstić information content (AvgIpc) is 2.78. The fraction of sp³-hybridized carbons (Fsp3) is 0.154. The van der Waals surface area contributed by atoms with E-state index in [1.165, 1.54) is 21.9 Å². The molecular formula is C26H24BrNO. The molecule has 0 radical (unpaired) electrons. The summed E-state index contributed by atoms with van der Waals surface area (Å²) >= 11 is 3.48. The quantitative estimate of drug-likeness (QED) is 0.320. The van der Waals surface area contributed by atoms with Crippen LogP contribution in [0.2, 0.25) is 0 Å². The summed E-state index contributed by atoms with van der Waals surface area (Å²) in [5, 5.41) is 6.01. The van der Waals surface area contributed by atoms with Crippen LogP contribution in [0.25, 0.3) is 10.8 Å². The number of rotatable bonds is 7. The monoisotopic (exact) mass is 445 g/mol. The summed E-state index contributed by atoms with van der Waals surface area (Å²) in [7, 11) is 0. The van der Waals surface area contributed by atoms with Crippen LogP contribution >= 0.6 is 15.9 Å². The van der Waals surface area contributed by atoms with Crippen molar-refractivity contribution < 1.29 is 4.74 Å². The van der Waals surface area contributed by atoms with E-state index in [4.69, 9.17) is 4.74 Å². The van der Waals surface area contributed by atoms with Gasteiger partial charge in [-0.25, -0.2) is 0 Å². The lowest BCUT2D eigenvalue weighted by Gasteiger charge is -2.16. The molecule has 4 aromatic carbocycles. The second-order valence-electron chi connectivity index (χ2n) is 7.08. The Morgan fingerprint density at radius 2 is 1.52 bits per heavy atom. The molecule has 0 fully saturated rings. The maximum Gasteiger partial charge on any atom is 0.125 e. The van der Waals surface area contributed by atoms with Crippen molar-refractivity contribution in [3.8, 4) is 5.75 Å². The van der Waals surface area contributed by atoms with Crippen LogP contribution in [0.15, 0.2) is 89.4 Å². The molecule has 146 valence electrons. The molecule has 3 heteroatoms. The summed E-state index contributed by atoms with van der Waals surface area (Å²) in [6.45, 7) is 3.43. The smallest absolute Gasteiger partial charge is 0.125 e. The number of benzene rings is 4. The largest absolute Gasteiger partial charge is 0.489 e. The van der Waals surface area contributed by atoms with Crippen LogP contribution in [0.3, 0.4) is 0 Å². The van der Waals surface area contributed by atoms with Crippen molar-refractivity contribution in [2.45, 2.75) is 26.5 Å². The molecule has 0 aromatic heterocycles. The second kappa shape index (κ2) is 9.15. The van der Waals surface area contributed by atoms with Crippen molar-refractivity contribution in [3.63, 3.8) is 0 Å². The van der Waals surface area contributed by atoms with Gasteiger partial charge in [-0.3, -0.25) is 0 Å². The third kappa shape index (κ3) is 4.80. The first kappa shape index (κ1) is 19.5. The third-order valence-corrected chi connectivity index (χ3v) is 5.67. The molecule has 0 unspecified atom stereocenters. The topological polar surface area (TPSA) is 21.3 Å². The summed E-state index contributed by atoms with van der Waals surface area (Å²) < 4.78 is 7.32. The van der Waals surface area contributed by atoms with Gasteiger partial charge in [0.1, 0.15) is 12.4 Å². The molecule has 0 amide bonds. The van der Waals surface area contributed by atoms with Crippen molar-refractivity contribution in [2.24, 2.45) is 0 Å². The van der Waals surface area contributed by atoms with Gasteiger partial charge in [0.25, 0.3) is 0 Å². The molecule has 1 N–H and O–H groups in total. The molecule has 0 saturated carbocycles. The zero-order chi connectivity index (χ0) is 20.1. The van der Waals surface area contributed by atoms with E-state index in [1.807, 2.05) is 12.1 Å². The van der Waals surface area contributed by atoms with Crippen LogP contribution in [-0.2, 0) is 19.6 Å². The molecule has 0 heterocycles. The Hall–Kier alpha value is -2.78. The van der Waals surface area contributed by atoms with Crippen molar-refractivity contribution in [1.29, 1.82) is 0 Å². The Bertz CT molecular complexity index is 1090. The van der Waals surface area contributed by atoms with Crippen molar-refractivity contribution in [3.05, 3.63) is 106 Å². The summed E-state index contributed by atoms with van der Waals surface area (Å²) in [5.74, 6) is 0.921. The SMILES string of the molecule is CCc1ccc(NCc2c(OCc3ccc(Br)cc3)ccc3ccccc23)cc1. The average molecular weight is 446 g/mol. The Morgan fingerprint density at radius 3 is 2.28 bits per heavy atom. The fourth-order valence-electron chi connectivity index (χ4n) is 3.42. The molecule has 0 spiro atoms. The van der Waals surface area contributed by atoms with Gasteiger partial charge in [-0.2, -0.15) is 0 Å². The molecule has 0 atom stereocenters. The van der Waals surface area contributed by atoms with Crippen LogP contribution in [0.5, 0.6) is 5.75 Å². The molecule has 0 aliphatic carbocycles. The van der Waals surface area contributed by atoms with E-state index in [2.05, 4.69) is 101 Å². The first-order chi connectivity index (χ1) is 14.2. The summed E-state index contributed by atoms with van der Waals surface area (Å²) in [5.41, 5.74) is 4.79. The normalized spacial score (nSPS) is 10.8. The van der Waals surface area contributed by atoms with Crippen molar-refractivity contribution in [2.75, 3.05) is 5.32 Å². The number of aryl methyl sites for hydroxylation is 1. The molecule has 2 nitrogen and oxygen atoms in total. The number of halogens is 1. The van der Waals surface area contributed by atoms with E-state index >= 15 is 0 Å². The van der Waals surface area contributed by atoms with Gasteiger partial charge in [-0.1, -0.05) is 77.5 Å². The highest BCUT2D eigenvalue weighted by molar-refractivity contribution is 9.10. The standard InChI is InChI=1S/C26H24BrNO/c1-2-19-9-14-23(15-10-19)28-17-25-24-6-4-3-5-21(24)11-16-26(25)29-18-20-7-12-22(27)13-8-20/h3-16,28H,2,17-18H2,1H3. The van der Waals surface area contributed by atoms with E-state index in [9.17, 15) is 0 Å². The summed E-state index contributed by atoms with van der Waals surface area (Å²) in [6.07, 6.45) is 1.05. The minimum atomic E-state index is 0.545. The Kier molecular flexibility index (Phi) is 6.16. The van der Waals surface area contributed by atoms with E-state index in [-0.39, 0.29) is 0 Å². The zero-order valence-electron chi connectivity index (χ0n) is 16.5. The van der Waals surface area contributed by atoms with Gasteiger partial charge < -0.3 is 10.1 Å². The molecule has 0 aliphatic rings. The van der Waals surface area contributed by atoms with Crippen LogP contribution < -0.4 is 10.1 Å². The predicted octanol–water partition coefficient (Wildman–Crippen LogP) is 7.36. The van der Waals surface area contributed by atoms with Crippen LogP contribution in [0, 0.1) is 0 Å². The Balaban J connectivity index is 1.58. The molecule has 4 aromatic rings. The first-order valence-electron chi connectivity index (χ1n) is 9.93. The van der Waals surface area contributed by atoms with E-state index < -0.39 is 0 Å². The lowest BCUT2D eigenvalue weighted by Crippen LogP contribution is -2.05. The van der Waals surface area contributed by atoms with Crippen molar-refractivity contribution in [1.82, 2.24) is 0 Å². The molecule has 4 rings (SSSR count). The first-order valence-corrected chi connectivity index (χ1v) is 10.7. The molecular weight excluding hydrogens is 422 g/mol. The van der Waals surface area contributed by atoms with E-state index in [0.29, 0.717) is 13.2 Å². The number of hydrogen-bond acceptors (Lipinski definition) is 2. The van der Waals surface area contributed by atoms with Gasteiger partial charge in [0.05, 0.1) is 0 Å². The van der Waals surface area contributed by atoms with E-state index in [0.717, 1.165) is 27.9 Å². The molecule has 0 aliphatic heterocycles. The maximum atomic E-state index is 6.24. The number of hydrogen-bond donors (Lipinski definition) is 1. The van der Waals surface area contributed by atoms with Gasteiger partial charge >= 0.3 is 0 Å². The highest BCUT2D eigenvalue weighted by atomic mass is 79.9. The van der Waals surface area contributed by atoms with Gasteiger partial charge in [-0.15, -0.1) is 0 Å². The van der Waals surface area contributed by atoms with Crippen LogP contribution in [0.4, 0.5) is 5.69 Å². The number of fused-ring (bicyclic) bond motifs is 1. The lowest BCUT2D eigenvalue weighted by molar-refractivity contribution is 0.304. The third-order valence-electron chi connectivity index (χ3n) is 5.14. The number of nitrogens with one attached hydrogen (secondary N) is 1. The minimum absolute atomic E-state index is 0.545. The molecule has 0 bridgehead atoms. The predicted molar refractivity (Wildman–Crippen MR) is 126 cm³/mol. The highest BCUT2D eigenvalue weighted by Crippen LogP contribution is 2.30. The maximum absolute atomic E-state index is 6.24. The summed E-state index contributed by atoms with van der Waals surface area (Å²) in [6, 6.07) is 29.6. The van der Waals surface area contributed by atoms with Gasteiger partial charge in [-0.05, 0) is 58.7 Å². The number of ether oxygens (including phenoxy) is 1. The van der Waals surface area contributed by atoms with Crippen LogP contribution in [0.1, 0.15) is 23.6 Å². The minimum Gasteiger partial charge on any atom is -0.489 e. The molecule has 29 heavy (non-hydrogen) atoms. The summed E-state index contributed by atoms with van der Waals surface area (Å²) in [4.78, 5) is 0. The van der Waals surface area contributed by atoms with E-state index in [1.54, 1.807) is 0 Å². The lowest BCUT2D eigenvalue weighted by atomic mass is 10.0. The number of anilines is 1.